The van der Waals surface area contributed by atoms with Crippen LogP contribution < -0.4 is 5.56 Å². The lowest BCUT2D eigenvalue weighted by molar-refractivity contribution is 0.0727. The third kappa shape index (κ3) is 2.86. The van der Waals surface area contributed by atoms with E-state index in [9.17, 15) is 9.59 Å². The Balaban J connectivity index is 1.66. The second-order valence-electron chi connectivity index (χ2n) is 6.82. The van der Waals surface area contributed by atoms with Gasteiger partial charge in [-0.05, 0) is 61.0 Å². The quantitative estimate of drug-likeness (QED) is 0.797. The van der Waals surface area contributed by atoms with Crippen molar-refractivity contribution >= 4 is 16.8 Å². The number of rotatable bonds is 4. The lowest BCUT2D eigenvalue weighted by atomic mass is 10.1. The number of carbonyl (C=O) groups is 1. The van der Waals surface area contributed by atoms with E-state index in [1.54, 1.807) is 13.1 Å². The van der Waals surface area contributed by atoms with Crippen LogP contribution in [0.5, 0.6) is 0 Å². The molecule has 1 amide bonds. The zero-order valence-corrected chi connectivity index (χ0v) is 14.5. The molecule has 1 N–H and O–H groups in total. The summed E-state index contributed by atoms with van der Waals surface area (Å²) >= 11 is 0. The van der Waals surface area contributed by atoms with E-state index in [0.717, 1.165) is 35.0 Å². The Hall–Kier alpha value is -2.82. The first kappa shape index (κ1) is 15.7. The van der Waals surface area contributed by atoms with E-state index in [-0.39, 0.29) is 23.1 Å². The Morgan fingerprint density at radius 1 is 1.24 bits per heavy atom. The van der Waals surface area contributed by atoms with Crippen molar-refractivity contribution in [2.45, 2.75) is 32.4 Å². The van der Waals surface area contributed by atoms with Gasteiger partial charge in [-0.3, -0.25) is 9.59 Å². The molecular formula is C20H21N3O2. The zero-order chi connectivity index (χ0) is 17.6. The standard InChI is InChI=1S/C20H21N3O2/c1-13-3-7-17(19(24)22(13)2)20(25)23(16-5-6-16)12-14-4-8-18-15(11-14)9-10-21-18/h3-4,7-11,16,21H,5-6,12H2,1-2H3. The van der Waals surface area contributed by atoms with Gasteiger partial charge in [-0.15, -0.1) is 0 Å². The number of fused-ring (bicyclic) bond motifs is 1. The predicted molar refractivity (Wildman–Crippen MR) is 97.6 cm³/mol. The van der Waals surface area contributed by atoms with Gasteiger partial charge in [0.1, 0.15) is 5.56 Å². The second kappa shape index (κ2) is 5.92. The molecule has 2 heterocycles. The van der Waals surface area contributed by atoms with Crippen LogP contribution in [-0.2, 0) is 13.6 Å². The first-order chi connectivity index (χ1) is 12.0. The summed E-state index contributed by atoms with van der Waals surface area (Å²) in [5, 5.41) is 1.13. The van der Waals surface area contributed by atoms with Crippen LogP contribution in [0.1, 0.15) is 34.5 Å². The number of aromatic amines is 1. The zero-order valence-electron chi connectivity index (χ0n) is 14.5. The van der Waals surface area contributed by atoms with Crippen LogP contribution in [0.4, 0.5) is 0 Å². The van der Waals surface area contributed by atoms with Gasteiger partial charge in [0.15, 0.2) is 0 Å². The van der Waals surface area contributed by atoms with E-state index in [1.807, 2.05) is 42.3 Å². The van der Waals surface area contributed by atoms with Crippen molar-refractivity contribution in [3.05, 3.63) is 69.8 Å². The molecule has 3 aromatic rings. The maximum Gasteiger partial charge on any atom is 0.263 e. The normalized spacial score (nSPS) is 14.0. The number of amides is 1. The third-order valence-corrected chi connectivity index (χ3v) is 5.00. The van der Waals surface area contributed by atoms with Crippen LogP contribution >= 0.6 is 0 Å². The third-order valence-electron chi connectivity index (χ3n) is 5.00. The number of hydrogen-bond donors (Lipinski definition) is 1. The Morgan fingerprint density at radius 2 is 2.04 bits per heavy atom. The molecule has 0 saturated heterocycles. The number of nitrogens with one attached hydrogen (secondary N) is 1. The first-order valence-corrected chi connectivity index (χ1v) is 8.58. The van der Waals surface area contributed by atoms with Crippen molar-refractivity contribution in [3.8, 4) is 0 Å². The smallest absolute Gasteiger partial charge is 0.263 e. The fraction of sp³-hybridized carbons (Fsp3) is 0.300. The number of pyridine rings is 1. The van der Waals surface area contributed by atoms with Crippen molar-refractivity contribution in [1.82, 2.24) is 14.5 Å². The van der Waals surface area contributed by atoms with Crippen LogP contribution in [-0.4, -0.2) is 26.4 Å². The Bertz CT molecular complexity index is 1010. The molecule has 128 valence electrons. The fourth-order valence-corrected chi connectivity index (χ4v) is 3.20. The second-order valence-corrected chi connectivity index (χ2v) is 6.82. The number of hydrogen-bond acceptors (Lipinski definition) is 2. The maximum atomic E-state index is 13.0. The van der Waals surface area contributed by atoms with E-state index in [4.69, 9.17) is 0 Å². The highest BCUT2D eigenvalue weighted by molar-refractivity contribution is 5.94. The molecule has 1 aliphatic rings. The van der Waals surface area contributed by atoms with Crippen LogP contribution in [0.25, 0.3) is 10.9 Å². The van der Waals surface area contributed by atoms with E-state index < -0.39 is 0 Å². The molecule has 0 bridgehead atoms. The van der Waals surface area contributed by atoms with Gasteiger partial charge in [0.05, 0.1) is 0 Å². The van der Waals surface area contributed by atoms with Crippen molar-refractivity contribution in [1.29, 1.82) is 0 Å². The molecule has 0 unspecified atom stereocenters. The Labute approximate surface area is 145 Å². The highest BCUT2D eigenvalue weighted by Crippen LogP contribution is 2.30. The van der Waals surface area contributed by atoms with Crippen LogP contribution in [0.15, 0.2) is 47.4 Å². The van der Waals surface area contributed by atoms with Crippen molar-refractivity contribution in [2.75, 3.05) is 0 Å². The van der Waals surface area contributed by atoms with E-state index in [0.29, 0.717) is 6.54 Å². The number of benzene rings is 1. The fourth-order valence-electron chi connectivity index (χ4n) is 3.20. The largest absolute Gasteiger partial charge is 0.361 e. The minimum atomic E-state index is -0.225. The minimum absolute atomic E-state index is 0.169. The topological polar surface area (TPSA) is 58.1 Å². The van der Waals surface area contributed by atoms with Gasteiger partial charge >= 0.3 is 0 Å². The van der Waals surface area contributed by atoms with Gasteiger partial charge in [-0.2, -0.15) is 0 Å². The van der Waals surface area contributed by atoms with Gasteiger partial charge in [0.25, 0.3) is 11.5 Å². The van der Waals surface area contributed by atoms with Crippen LogP contribution in [0.2, 0.25) is 0 Å². The summed E-state index contributed by atoms with van der Waals surface area (Å²) in [4.78, 5) is 30.5. The average Bonchev–Trinajstić information content (AvgIpc) is 3.34. The SMILES string of the molecule is Cc1ccc(C(=O)N(Cc2ccc3[nH]ccc3c2)C2CC2)c(=O)n1C. The van der Waals surface area contributed by atoms with E-state index in [2.05, 4.69) is 11.1 Å². The number of aryl methyl sites for hydroxylation is 1. The number of H-pyrrole nitrogens is 1. The molecule has 0 aliphatic heterocycles. The average molecular weight is 335 g/mol. The van der Waals surface area contributed by atoms with Crippen molar-refractivity contribution in [3.63, 3.8) is 0 Å². The summed E-state index contributed by atoms with van der Waals surface area (Å²) in [6, 6.07) is 11.9. The molecule has 1 aromatic carbocycles. The summed E-state index contributed by atoms with van der Waals surface area (Å²) in [5.74, 6) is -0.169. The van der Waals surface area contributed by atoms with E-state index in [1.165, 1.54) is 4.57 Å². The Kier molecular flexibility index (Phi) is 3.71. The summed E-state index contributed by atoms with van der Waals surface area (Å²) in [5.41, 5.74) is 3.04. The molecule has 0 atom stereocenters. The highest BCUT2D eigenvalue weighted by Gasteiger charge is 2.34. The molecule has 25 heavy (non-hydrogen) atoms. The summed E-state index contributed by atoms with van der Waals surface area (Å²) < 4.78 is 1.53. The first-order valence-electron chi connectivity index (χ1n) is 8.58. The van der Waals surface area contributed by atoms with E-state index >= 15 is 0 Å². The molecule has 5 heteroatoms. The van der Waals surface area contributed by atoms with Gasteiger partial charge in [-0.25, -0.2) is 0 Å². The molecule has 2 aromatic heterocycles. The molecule has 0 spiro atoms. The molecule has 5 nitrogen and oxygen atoms in total. The lowest BCUT2D eigenvalue weighted by Gasteiger charge is -2.23. The van der Waals surface area contributed by atoms with Gasteiger partial charge < -0.3 is 14.5 Å². The monoisotopic (exact) mass is 335 g/mol. The molecular weight excluding hydrogens is 314 g/mol. The Morgan fingerprint density at radius 3 is 2.80 bits per heavy atom. The van der Waals surface area contributed by atoms with Crippen molar-refractivity contribution in [2.24, 2.45) is 7.05 Å². The molecule has 4 rings (SSSR count). The number of aromatic nitrogens is 2. The van der Waals surface area contributed by atoms with Gasteiger partial charge in [0, 0.05) is 37.0 Å². The summed E-state index contributed by atoms with van der Waals surface area (Å²) in [7, 11) is 1.70. The maximum absolute atomic E-state index is 13.0. The number of carbonyl (C=O) groups excluding carboxylic acids is 1. The molecule has 0 radical (unpaired) electrons. The van der Waals surface area contributed by atoms with Gasteiger partial charge in [0.2, 0.25) is 0 Å². The molecule has 1 fully saturated rings. The lowest BCUT2D eigenvalue weighted by Crippen LogP contribution is -2.37. The summed E-state index contributed by atoms with van der Waals surface area (Å²) in [6.07, 6.45) is 3.92. The molecule has 1 aliphatic carbocycles. The van der Waals surface area contributed by atoms with Gasteiger partial charge in [-0.1, -0.05) is 6.07 Å². The predicted octanol–water partition coefficient (Wildman–Crippen LogP) is 2.98. The van der Waals surface area contributed by atoms with Crippen molar-refractivity contribution < 1.29 is 4.79 Å². The molecule has 1 saturated carbocycles. The minimum Gasteiger partial charge on any atom is -0.361 e. The number of nitrogens with zero attached hydrogens (tertiary/aromatic N) is 2. The van der Waals surface area contributed by atoms with Crippen LogP contribution in [0.3, 0.4) is 0 Å². The van der Waals surface area contributed by atoms with Crippen LogP contribution in [0, 0.1) is 6.92 Å². The highest BCUT2D eigenvalue weighted by atomic mass is 16.2. The summed E-state index contributed by atoms with van der Waals surface area (Å²) in [6.45, 7) is 2.39.